The van der Waals surface area contributed by atoms with Gasteiger partial charge in [0.1, 0.15) is 0 Å². The van der Waals surface area contributed by atoms with Crippen LogP contribution in [0, 0.1) is 0 Å². The van der Waals surface area contributed by atoms with Crippen molar-refractivity contribution in [3.63, 3.8) is 0 Å². The maximum atomic E-state index is 12.6. The summed E-state index contributed by atoms with van der Waals surface area (Å²) >= 11 is 0. The molecule has 0 radical (unpaired) electrons. The Labute approximate surface area is 134 Å². The molecular weight excluding hydrogens is 298 g/mol. The molecule has 2 aliphatic heterocycles. The lowest BCUT2D eigenvalue weighted by atomic mass is 9.95. The minimum Gasteiger partial charge on any atom is -0.373 e. The molecule has 22 heavy (non-hydrogen) atoms. The molecule has 2 heterocycles. The van der Waals surface area contributed by atoms with Gasteiger partial charge in [0.15, 0.2) is 0 Å². The molecule has 4 nitrogen and oxygen atoms in total. The molecular formula is C17H23NO3S. The summed E-state index contributed by atoms with van der Waals surface area (Å²) < 4.78 is 17.3. The van der Waals surface area contributed by atoms with Crippen LogP contribution in [0.25, 0.3) is 0 Å². The first kappa shape index (κ1) is 15.7. The van der Waals surface area contributed by atoms with Crippen LogP contribution in [-0.2, 0) is 26.8 Å². The molecule has 0 saturated carbocycles. The Morgan fingerprint density at radius 1 is 1.32 bits per heavy atom. The van der Waals surface area contributed by atoms with Crippen molar-refractivity contribution < 1.29 is 13.7 Å². The van der Waals surface area contributed by atoms with E-state index in [1.165, 1.54) is 5.56 Å². The average molecular weight is 321 g/mol. The minimum atomic E-state index is -0.689. The van der Waals surface area contributed by atoms with Gasteiger partial charge in [-0.25, -0.2) is 0 Å². The van der Waals surface area contributed by atoms with Crippen molar-refractivity contribution in [2.75, 3.05) is 25.2 Å². The lowest BCUT2D eigenvalue weighted by Gasteiger charge is -2.33. The summed E-state index contributed by atoms with van der Waals surface area (Å²) in [7, 11) is 1.18. The van der Waals surface area contributed by atoms with E-state index in [1.54, 1.807) is 0 Å². The third-order valence-electron chi connectivity index (χ3n) is 4.75. The van der Waals surface area contributed by atoms with Gasteiger partial charge in [0.25, 0.3) is 0 Å². The Morgan fingerprint density at radius 3 is 2.82 bits per heavy atom. The fraction of sp³-hybridized carbons (Fsp3) is 0.588. The molecule has 1 aromatic rings. The van der Waals surface area contributed by atoms with Crippen LogP contribution in [0.4, 0.5) is 0 Å². The highest BCUT2D eigenvalue weighted by atomic mass is 32.2. The van der Waals surface area contributed by atoms with Gasteiger partial charge in [0.05, 0.1) is 19.1 Å². The number of hydrogen-bond acceptors (Lipinski definition) is 3. The standard InChI is InChI=1S/C17H23NO3S/c1-18(14-7-10-22(20)11-8-14)17(19)12-16-15-5-3-2-4-13(15)6-9-21-16/h2-5,14,16H,6-12H2,1H3/t14?,16-,22?/m0/s1. The SMILES string of the molecule is CN(C(=O)C[C@@H]1OCCc2ccccc21)C1CCS(=O)CC1. The molecule has 0 unspecified atom stereocenters. The largest absolute Gasteiger partial charge is 0.373 e. The molecule has 1 fully saturated rings. The summed E-state index contributed by atoms with van der Waals surface area (Å²) in [6, 6.07) is 8.46. The zero-order valence-electron chi connectivity index (χ0n) is 13.0. The molecule has 0 N–H and O–H groups in total. The van der Waals surface area contributed by atoms with Gasteiger partial charge >= 0.3 is 0 Å². The number of hydrogen-bond donors (Lipinski definition) is 0. The zero-order chi connectivity index (χ0) is 15.5. The number of nitrogens with zero attached hydrogens (tertiary/aromatic N) is 1. The maximum absolute atomic E-state index is 12.6. The predicted molar refractivity (Wildman–Crippen MR) is 87.1 cm³/mol. The van der Waals surface area contributed by atoms with Crippen molar-refractivity contribution in [3.8, 4) is 0 Å². The Balaban J connectivity index is 1.63. The second kappa shape index (κ2) is 6.92. The summed E-state index contributed by atoms with van der Waals surface area (Å²) in [5, 5.41) is 0. The molecule has 1 saturated heterocycles. The van der Waals surface area contributed by atoms with Gasteiger partial charge in [-0.2, -0.15) is 0 Å². The van der Waals surface area contributed by atoms with Crippen LogP contribution in [0.2, 0.25) is 0 Å². The molecule has 2 aliphatic rings. The van der Waals surface area contributed by atoms with Crippen LogP contribution < -0.4 is 0 Å². The molecule has 120 valence electrons. The molecule has 1 atom stereocenters. The fourth-order valence-electron chi connectivity index (χ4n) is 3.32. The van der Waals surface area contributed by atoms with Crippen molar-refractivity contribution in [2.45, 2.75) is 37.8 Å². The fourth-order valence-corrected chi connectivity index (χ4v) is 4.59. The Hall–Kier alpha value is -1.20. The summed E-state index contributed by atoms with van der Waals surface area (Å²) in [5.74, 6) is 1.55. The van der Waals surface area contributed by atoms with E-state index in [9.17, 15) is 9.00 Å². The quantitative estimate of drug-likeness (QED) is 0.856. The number of rotatable bonds is 3. The van der Waals surface area contributed by atoms with E-state index in [0.29, 0.717) is 24.5 Å². The Kier molecular flexibility index (Phi) is 4.93. The highest BCUT2D eigenvalue weighted by molar-refractivity contribution is 7.85. The molecule has 3 rings (SSSR count). The number of amides is 1. The average Bonchev–Trinajstić information content (AvgIpc) is 2.55. The van der Waals surface area contributed by atoms with E-state index < -0.39 is 10.8 Å². The van der Waals surface area contributed by atoms with E-state index in [4.69, 9.17) is 4.74 Å². The van der Waals surface area contributed by atoms with Crippen molar-refractivity contribution in [2.24, 2.45) is 0 Å². The topological polar surface area (TPSA) is 46.6 Å². The van der Waals surface area contributed by atoms with Gasteiger partial charge in [-0.15, -0.1) is 0 Å². The van der Waals surface area contributed by atoms with Crippen LogP contribution in [0.15, 0.2) is 24.3 Å². The first-order valence-electron chi connectivity index (χ1n) is 7.95. The molecule has 0 aliphatic carbocycles. The van der Waals surface area contributed by atoms with E-state index in [2.05, 4.69) is 12.1 Å². The molecule has 1 amide bonds. The number of benzene rings is 1. The molecule has 0 spiro atoms. The van der Waals surface area contributed by atoms with E-state index in [-0.39, 0.29) is 18.1 Å². The van der Waals surface area contributed by atoms with Gasteiger partial charge in [0.2, 0.25) is 5.91 Å². The summed E-state index contributed by atoms with van der Waals surface area (Å²) in [6.45, 7) is 0.682. The van der Waals surface area contributed by atoms with Crippen molar-refractivity contribution in [1.29, 1.82) is 0 Å². The van der Waals surface area contributed by atoms with Gasteiger partial charge in [-0.05, 0) is 30.4 Å². The number of fused-ring (bicyclic) bond motifs is 1. The number of ether oxygens (including phenoxy) is 1. The van der Waals surface area contributed by atoms with E-state index in [1.807, 2.05) is 24.1 Å². The first-order valence-corrected chi connectivity index (χ1v) is 9.44. The third kappa shape index (κ3) is 3.41. The molecule has 5 heteroatoms. The smallest absolute Gasteiger partial charge is 0.225 e. The highest BCUT2D eigenvalue weighted by Crippen LogP contribution is 2.30. The minimum absolute atomic E-state index is 0.124. The van der Waals surface area contributed by atoms with Crippen LogP contribution in [0.1, 0.15) is 36.5 Å². The second-order valence-corrected chi connectivity index (χ2v) is 7.79. The normalized spacial score (nSPS) is 28.0. The molecule has 1 aromatic carbocycles. The van der Waals surface area contributed by atoms with Crippen LogP contribution in [0.3, 0.4) is 0 Å². The van der Waals surface area contributed by atoms with Gasteiger partial charge < -0.3 is 9.64 Å². The van der Waals surface area contributed by atoms with Crippen LogP contribution in [-0.4, -0.2) is 46.2 Å². The first-order chi connectivity index (χ1) is 10.6. The highest BCUT2D eigenvalue weighted by Gasteiger charge is 2.28. The summed E-state index contributed by atoms with van der Waals surface area (Å²) in [6.07, 6.45) is 2.88. The maximum Gasteiger partial charge on any atom is 0.225 e. The zero-order valence-corrected chi connectivity index (χ0v) is 13.8. The monoisotopic (exact) mass is 321 g/mol. The lowest BCUT2D eigenvalue weighted by molar-refractivity contribution is -0.135. The molecule has 0 bridgehead atoms. The van der Waals surface area contributed by atoms with Crippen LogP contribution >= 0.6 is 0 Å². The summed E-state index contributed by atoms with van der Waals surface area (Å²) in [4.78, 5) is 14.4. The van der Waals surface area contributed by atoms with Gasteiger partial charge in [-0.1, -0.05) is 24.3 Å². The van der Waals surface area contributed by atoms with Gasteiger partial charge in [0, 0.05) is 35.4 Å². The Bertz CT molecular complexity index is 565. The second-order valence-electron chi connectivity index (χ2n) is 6.10. The number of carbonyl (C=O) groups excluding carboxylic acids is 1. The lowest BCUT2D eigenvalue weighted by Crippen LogP contribution is -2.42. The Morgan fingerprint density at radius 2 is 2.05 bits per heavy atom. The van der Waals surface area contributed by atoms with Crippen molar-refractivity contribution >= 4 is 16.7 Å². The summed E-state index contributed by atoms with van der Waals surface area (Å²) in [5.41, 5.74) is 2.45. The van der Waals surface area contributed by atoms with Crippen molar-refractivity contribution in [3.05, 3.63) is 35.4 Å². The van der Waals surface area contributed by atoms with Crippen molar-refractivity contribution in [1.82, 2.24) is 4.90 Å². The number of carbonyl (C=O) groups is 1. The van der Waals surface area contributed by atoms with Crippen LogP contribution in [0.5, 0.6) is 0 Å². The molecule has 0 aromatic heterocycles. The third-order valence-corrected chi connectivity index (χ3v) is 6.13. The van der Waals surface area contributed by atoms with Gasteiger partial charge in [-0.3, -0.25) is 9.00 Å². The predicted octanol–water partition coefficient (Wildman–Crippen LogP) is 2.06. The van der Waals surface area contributed by atoms with E-state index in [0.717, 1.165) is 24.8 Å². The van der Waals surface area contributed by atoms with E-state index >= 15 is 0 Å².